The maximum atomic E-state index is 12.0. The summed E-state index contributed by atoms with van der Waals surface area (Å²) in [7, 11) is 0. The van der Waals surface area contributed by atoms with Crippen molar-refractivity contribution in [2.45, 2.75) is 32.7 Å². The summed E-state index contributed by atoms with van der Waals surface area (Å²) in [5.41, 5.74) is 1.80. The Morgan fingerprint density at radius 1 is 1.50 bits per heavy atom. The molecule has 0 aliphatic carbocycles. The highest BCUT2D eigenvalue weighted by Crippen LogP contribution is 2.13. The third-order valence-electron chi connectivity index (χ3n) is 3.17. The molecular formula is C14H23ClN4O. The topological polar surface area (TPSA) is 59.0 Å². The molecule has 0 atom stereocenters. The first-order chi connectivity index (χ1) is 8.97. The van der Waals surface area contributed by atoms with Gasteiger partial charge >= 0.3 is 0 Å². The SMILES string of the molecule is CC(C)(C)n1cc(C(=O)NCC2=CCNCC2)cn1.Cl. The molecule has 0 aromatic carbocycles. The highest BCUT2D eigenvalue weighted by Gasteiger charge is 2.16. The average Bonchev–Trinajstić information content (AvgIpc) is 2.87. The summed E-state index contributed by atoms with van der Waals surface area (Å²) in [6.45, 7) is 8.68. The molecule has 2 N–H and O–H groups in total. The Balaban J connectivity index is 0.00000200. The number of carbonyl (C=O) groups excluding carboxylic acids is 1. The van der Waals surface area contributed by atoms with Crippen LogP contribution in [0, 0.1) is 0 Å². The summed E-state index contributed by atoms with van der Waals surface area (Å²) < 4.78 is 1.81. The number of nitrogens with one attached hydrogen (secondary N) is 2. The second kappa shape index (κ2) is 6.90. The van der Waals surface area contributed by atoms with Gasteiger partial charge in [0.25, 0.3) is 5.91 Å². The summed E-state index contributed by atoms with van der Waals surface area (Å²) >= 11 is 0. The van der Waals surface area contributed by atoms with Crippen LogP contribution in [0.3, 0.4) is 0 Å². The van der Waals surface area contributed by atoms with Crippen molar-refractivity contribution in [3.63, 3.8) is 0 Å². The van der Waals surface area contributed by atoms with E-state index in [9.17, 15) is 4.79 Å². The van der Waals surface area contributed by atoms with Crippen LogP contribution in [0.2, 0.25) is 0 Å². The molecule has 112 valence electrons. The Hall–Kier alpha value is -1.33. The minimum absolute atomic E-state index is 0. The number of rotatable bonds is 3. The molecule has 5 nitrogen and oxygen atoms in total. The average molecular weight is 299 g/mol. The second-order valence-corrected chi connectivity index (χ2v) is 5.84. The molecule has 0 radical (unpaired) electrons. The van der Waals surface area contributed by atoms with E-state index in [1.165, 1.54) is 5.57 Å². The number of amides is 1. The van der Waals surface area contributed by atoms with Crippen LogP contribution in [-0.4, -0.2) is 35.3 Å². The zero-order valence-corrected chi connectivity index (χ0v) is 13.1. The van der Waals surface area contributed by atoms with Crippen molar-refractivity contribution in [2.24, 2.45) is 0 Å². The quantitative estimate of drug-likeness (QED) is 0.835. The van der Waals surface area contributed by atoms with Crippen molar-refractivity contribution in [3.8, 4) is 0 Å². The Morgan fingerprint density at radius 2 is 2.25 bits per heavy atom. The maximum Gasteiger partial charge on any atom is 0.254 e. The molecule has 0 bridgehead atoms. The molecule has 1 aromatic heterocycles. The summed E-state index contributed by atoms with van der Waals surface area (Å²) in [6.07, 6.45) is 6.56. The molecule has 0 saturated heterocycles. The van der Waals surface area contributed by atoms with E-state index < -0.39 is 0 Å². The molecule has 1 aliphatic rings. The number of carbonyl (C=O) groups is 1. The van der Waals surface area contributed by atoms with Crippen LogP contribution in [0.5, 0.6) is 0 Å². The predicted molar refractivity (Wildman–Crippen MR) is 82.4 cm³/mol. The molecule has 0 saturated carbocycles. The van der Waals surface area contributed by atoms with Crippen molar-refractivity contribution in [1.29, 1.82) is 0 Å². The van der Waals surface area contributed by atoms with Gasteiger partial charge in [-0.1, -0.05) is 11.6 Å². The summed E-state index contributed by atoms with van der Waals surface area (Å²) in [6, 6.07) is 0. The third kappa shape index (κ3) is 4.35. The van der Waals surface area contributed by atoms with Crippen LogP contribution in [0.25, 0.3) is 0 Å². The van der Waals surface area contributed by atoms with Gasteiger partial charge in [-0.25, -0.2) is 0 Å². The largest absolute Gasteiger partial charge is 0.348 e. The summed E-state index contributed by atoms with van der Waals surface area (Å²) in [5.74, 6) is -0.0602. The number of aromatic nitrogens is 2. The molecule has 0 unspecified atom stereocenters. The highest BCUT2D eigenvalue weighted by atomic mass is 35.5. The van der Waals surface area contributed by atoms with E-state index in [2.05, 4.69) is 42.6 Å². The molecule has 1 aromatic rings. The Morgan fingerprint density at radius 3 is 2.80 bits per heavy atom. The van der Waals surface area contributed by atoms with Crippen molar-refractivity contribution in [2.75, 3.05) is 19.6 Å². The lowest BCUT2D eigenvalue weighted by Gasteiger charge is -2.18. The number of nitrogens with zero attached hydrogens (tertiary/aromatic N) is 2. The van der Waals surface area contributed by atoms with Crippen LogP contribution in [0.1, 0.15) is 37.6 Å². The number of hydrogen-bond acceptors (Lipinski definition) is 3. The van der Waals surface area contributed by atoms with Gasteiger partial charge in [-0.3, -0.25) is 9.48 Å². The lowest BCUT2D eigenvalue weighted by Crippen LogP contribution is -2.29. The van der Waals surface area contributed by atoms with Crippen molar-refractivity contribution >= 4 is 18.3 Å². The van der Waals surface area contributed by atoms with Crippen LogP contribution < -0.4 is 10.6 Å². The monoisotopic (exact) mass is 298 g/mol. The van der Waals surface area contributed by atoms with Crippen LogP contribution in [0.15, 0.2) is 24.0 Å². The standard InChI is InChI=1S/C14H22N4O.ClH/c1-14(2,3)18-10-12(9-17-18)13(19)16-8-11-4-6-15-7-5-11;/h4,9-10,15H,5-8H2,1-3H3,(H,16,19);1H. The zero-order chi connectivity index (χ0) is 13.9. The number of halogens is 1. The Bertz CT molecular complexity index is 488. The van der Waals surface area contributed by atoms with E-state index in [1.807, 2.05) is 4.68 Å². The van der Waals surface area contributed by atoms with Gasteiger partial charge in [-0.2, -0.15) is 5.10 Å². The molecule has 2 heterocycles. The normalized spacial score (nSPS) is 15.2. The zero-order valence-electron chi connectivity index (χ0n) is 12.3. The first kappa shape index (κ1) is 16.7. The fourth-order valence-corrected chi connectivity index (χ4v) is 1.93. The molecule has 20 heavy (non-hydrogen) atoms. The van der Waals surface area contributed by atoms with Gasteiger partial charge in [0, 0.05) is 19.3 Å². The minimum Gasteiger partial charge on any atom is -0.348 e. The summed E-state index contributed by atoms with van der Waals surface area (Å²) in [4.78, 5) is 12.0. The van der Waals surface area contributed by atoms with Crippen LogP contribution in [-0.2, 0) is 5.54 Å². The second-order valence-electron chi connectivity index (χ2n) is 5.84. The molecule has 0 spiro atoms. The molecular weight excluding hydrogens is 276 g/mol. The van der Waals surface area contributed by atoms with Gasteiger partial charge in [0.1, 0.15) is 0 Å². The molecule has 0 fully saturated rings. The molecule has 6 heteroatoms. The van der Waals surface area contributed by atoms with Crippen LogP contribution >= 0.6 is 12.4 Å². The lowest BCUT2D eigenvalue weighted by atomic mass is 10.1. The third-order valence-corrected chi connectivity index (χ3v) is 3.17. The van der Waals surface area contributed by atoms with E-state index in [4.69, 9.17) is 0 Å². The number of hydrogen-bond donors (Lipinski definition) is 2. The fraction of sp³-hybridized carbons (Fsp3) is 0.571. The first-order valence-corrected chi connectivity index (χ1v) is 6.69. The highest BCUT2D eigenvalue weighted by molar-refractivity contribution is 5.93. The van der Waals surface area contributed by atoms with E-state index >= 15 is 0 Å². The van der Waals surface area contributed by atoms with E-state index in [0.29, 0.717) is 12.1 Å². The summed E-state index contributed by atoms with van der Waals surface area (Å²) in [5, 5.41) is 10.4. The predicted octanol–water partition coefficient (Wildman–Crippen LogP) is 1.71. The molecule has 2 rings (SSSR count). The smallest absolute Gasteiger partial charge is 0.254 e. The van der Waals surface area contributed by atoms with Crippen molar-refractivity contribution < 1.29 is 4.79 Å². The van der Waals surface area contributed by atoms with Crippen molar-refractivity contribution in [3.05, 3.63) is 29.6 Å². The minimum atomic E-state index is -0.101. The van der Waals surface area contributed by atoms with Gasteiger partial charge in [-0.15, -0.1) is 12.4 Å². The van der Waals surface area contributed by atoms with E-state index in [0.717, 1.165) is 19.5 Å². The lowest BCUT2D eigenvalue weighted by molar-refractivity contribution is 0.0956. The van der Waals surface area contributed by atoms with Gasteiger partial charge in [0.15, 0.2) is 0 Å². The maximum absolute atomic E-state index is 12.0. The molecule has 1 amide bonds. The van der Waals surface area contributed by atoms with Gasteiger partial charge in [-0.05, 0) is 33.7 Å². The van der Waals surface area contributed by atoms with Gasteiger partial charge in [0.05, 0.1) is 17.3 Å². The Kier molecular flexibility index (Phi) is 5.77. The fourth-order valence-electron chi connectivity index (χ4n) is 1.93. The first-order valence-electron chi connectivity index (χ1n) is 6.69. The van der Waals surface area contributed by atoms with E-state index in [-0.39, 0.29) is 23.9 Å². The Labute approximate surface area is 126 Å². The van der Waals surface area contributed by atoms with E-state index in [1.54, 1.807) is 12.4 Å². The van der Waals surface area contributed by atoms with Gasteiger partial charge in [0.2, 0.25) is 0 Å². The van der Waals surface area contributed by atoms with Gasteiger partial charge < -0.3 is 10.6 Å². The molecule has 1 aliphatic heterocycles. The van der Waals surface area contributed by atoms with Crippen LogP contribution in [0.4, 0.5) is 0 Å². The van der Waals surface area contributed by atoms with Crippen molar-refractivity contribution in [1.82, 2.24) is 20.4 Å².